The van der Waals surface area contributed by atoms with Crippen molar-refractivity contribution < 1.29 is 0 Å². The Balaban J connectivity index is 2.26. The minimum absolute atomic E-state index is 0.871. The Hall–Kier alpha value is -1.90. The minimum Gasteiger partial charge on any atom is -0.197 e. The van der Waals surface area contributed by atoms with Crippen LogP contribution >= 0.6 is 0 Å². The first-order valence-electron chi connectivity index (χ1n) is 4.46. The number of benzene rings is 1. The molecule has 0 saturated carbocycles. The molecule has 0 amide bonds. The maximum atomic E-state index is 4.01. The summed E-state index contributed by atoms with van der Waals surface area (Å²) in [5.74, 6) is 0. The number of aromatic nitrogens is 3. The number of rotatable bonds is 3. The summed E-state index contributed by atoms with van der Waals surface area (Å²) in [6, 6.07) is 8.23. The van der Waals surface area contributed by atoms with Gasteiger partial charge in [-0.05, 0) is 12.0 Å². The number of H-pyrrole nitrogens is 1. The molecule has 3 nitrogen and oxygen atoms in total. The predicted octanol–water partition coefficient (Wildman–Crippen LogP) is 2.20. The Morgan fingerprint density at radius 2 is 2.07 bits per heavy atom. The van der Waals surface area contributed by atoms with Crippen LogP contribution in [-0.2, 0) is 6.42 Å². The average Bonchev–Trinajstić information content (AvgIpc) is 2.72. The van der Waals surface area contributed by atoms with Gasteiger partial charge in [0.25, 0.3) is 0 Å². The molecule has 70 valence electrons. The molecule has 2 rings (SSSR count). The van der Waals surface area contributed by atoms with Crippen LogP contribution in [0, 0.1) is 0 Å². The second-order valence-corrected chi connectivity index (χ2v) is 3.04. The molecule has 0 aliphatic heterocycles. The molecule has 1 aromatic heterocycles. The van der Waals surface area contributed by atoms with Gasteiger partial charge >= 0.3 is 0 Å². The number of hydrogen-bond donors (Lipinski definition) is 1. The molecule has 14 heavy (non-hydrogen) atoms. The Labute approximate surface area is 82.5 Å². The molecule has 0 bridgehead atoms. The van der Waals surface area contributed by atoms with Crippen molar-refractivity contribution in [1.82, 2.24) is 15.4 Å². The van der Waals surface area contributed by atoms with Crippen LogP contribution in [0.4, 0.5) is 0 Å². The first kappa shape index (κ1) is 8.69. The highest BCUT2D eigenvalue weighted by atomic mass is 15.3. The highest BCUT2D eigenvalue weighted by Gasteiger charge is 1.99. The zero-order valence-corrected chi connectivity index (χ0v) is 7.77. The largest absolute Gasteiger partial charge is 0.197 e. The first-order chi connectivity index (χ1) is 6.90. The van der Waals surface area contributed by atoms with E-state index in [0.29, 0.717) is 0 Å². The molecular formula is C11H11N3. The molecule has 0 fully saturated rings. The third-order valence-electron chi connectivity index (χ3n) is 2.04. The molecule has 1 aromatic carbocycles. The third-order valence-corrected chi connectivity index (χ3v) is 2.04. The van der Waals surface area contributed by atoms with Crippen LogP contribution in [0.15, 0.2) is 43.1 Å². The van der Waals surface area contributed by atoms with Gasteiger partial charge in [0.15, 0.2) is 0 Å². The predicted molar refractivity (Wildman–Crippen MR) is 55.7 cm³/mol. The zero-order valence-electron chi connectivity index (χ0n) is 7.77. The van der Waals surface area contributed by atoms with Crippen molar-refractivity contribution in [2.24, 2.45) is 0 Å². The quantitative estimate of drug-likeness (QED) is 0.745. The number of allylic oxidation sites excluding steroid dienone is 1. The minimum atomic E-state index is 0.871. The normalized spacial score (nSPS) is 10.0. The Bertz CT molecular complexity index is 401. The monoisotopic (exact) mass is 185 g/mol. The van der Waals surface area contributed by atoms with Crippen LogP contribution in [0.1, 0.15) is 5.56 Å². The van der Waals surface area contributed by atoms with Crippen molar-refractivity contribution in [3.8, 4) is 11.3 Å². The van der Waals surface area contributed by atoms with Gasteiger partial charge in [-0.2, -0.15) is 15.4 Å². The molecule has 0 aliphatic rings. The summed E-state index contributed by atoms with van der Waals surface area (Å²) in [4.78, 5) is 0. The summed E-state index contributed by atoms with van der Waals surface area (Å²) in [5.41, 5.74) is 3.20. The van der Waals surface area contributed by atoms with Crippen LogP contribution < -0.4 is 0 Å². The highest BCUT2D eigenvalue weighted by molar-refractivity contribution is 5.57. The van der Waals surface area contributed by atoms with Crippen molar-refractivity contribution in [2.75, 3.05) is 0 Å². The number of hydrogen-bond acceptors (Lipinski definition) is 2. The number of nitrogens with one attached hydrogen (secondary N) is 1. The van der Waals surface area contributed by atoms with Crippen LogP contribution in [0.3, 0.4) is 0 Å². The van der Waals surface area contributed by atoms with Gasteiger partial charge in [0.2, 0.25) is 0 Å². The molecule has 1 N–H and O–H groups in total. The topological polar surface area (TPSA) is 41.6 Å². The van der Waals surface area contributed by atoms with Crippen molar-refractivity contribution in [3.05, 3.63) is 48.7 Å². The van der Waals surface area contributed by atoms with Gasteiger partial charge in [0.05, 0.1) is 6.20 Å². The lowest BCUT2D eigenvalue weighted by Gasteiger charge is -1.98. The summed E-state index contributed by atoms with van der Waals surface area (Å²) in [6.07, 6.45) is 4.51. The highest BCUT2D eigenvalue weighted by Crippen LogP contribution is 2.15. The fraction of sp³-hybridized carbons (Fsp3) is 0.0909. The second kappa shape index (κ2) is 3.87. The fourth-order valence-electron chi connectivity index (χ4n) is 1.32. The molecule has 0 unspecified atom stereocenters. The van der Waals surface area contributed by atoms with Gasteiger partial charge in [-0.15, -0.1) is 6.58 Å². The van der Waals surface area contributed by atoms with E-state index in [1.807, 2.05) is 18.2 Å². The zero-order chi connectivity index (χ0) is 9.80. The number of nitrogens with zero attached hydrogens (tertiary/aromatic N) is 2. The van der Waals surface area contributed by atoms with Crippen LogP contribution in [-0.4, -0.2) is 15.4 Å². The van der Waals surface area contributed by atoms with Crippen molar-refractivity contribution in [2.45, 2.75) is 6.42 Å². The van der Waals surface area contributed by atoms with E-state index in [4.69, 9.17) is 0 Å². The van der Waals surface area contributed by atoms with Gasteiger partial charge in [0.1, 0.15) is 5.69 Å². The van der Waals surface area contributed by atoms with E-state index in [-0.39, 0.29) is 0 Å². The van der Waals surface area contributed by atoms with Crippen molar-refractivity contribution in [3.63, 3.8) is 0 Å². The molecule has 0 saturated heterocycles. The van der Waals surface area contributed by atoms with Crippen LogP contribution in [0.25, 0.3) is 11.3 Å². The Kier molecular flexibility index (Phi) is 2.40. The molecule has 0 radical (unpaired) electrons. The lowest BCUT2D eigenvalue weighted by Crippen LogP contribution is -1.82. The van der Waals surface area contributed by atoms with Gasteiger partial charge in [0, 0.05) is 5.56 Å². The van der Waals surface area contributed by atoms with E-state index in [2.05, 4.69) is 34.1 Å². The van der Waals surface area contributed by atoms with Crippen molar-refractivity contribution in [1.29, 1.82) is 0 Å². The SMILES string of the molecule is C=CCc1ccc(-c2cn[nH]n2)cc1. The maximum Gasteiger partial charge on any atom is 0.112 e. The van der Waals surface area contributed by atoms with E-state index in [9.17, 15) is 0 Å². The molecule has 0 aliphatic carbocycles. The Morgan fingerprint density at radius 3 is 2.64 bits per heavy atom. The van der Waals surface area contributed by atoms with Gasteiger partial charge < -0.3 is 0 Å². The lowest BCUT2D eigenvalue weighted by molar-refractivity contribution is 0.942. The Morgan fingerprint density at radius 1 is 1.29 bits per heavy atom. The molecule has 0 atom stereocenters. The van der Waals surface area contributed by atoms with E-state index < -0.39 is 0 Å². The molecular weight excluding hydrogens is 174 g/mol. The van der Waals surface area contributed by atoms with Crippen LogP contribution in [0.5, 0.6) is 0 Å². The van der Waals surface area contributed by atoms with Gasteiger partial charge in [-0.25, -0.2) is 0 Å². The molecule has 3 heteroatoms. The third kappa shape index (κ3) is 1.71. The van der Waals surface area contributed by atoms with Gasteiger partial charge in [-0.3, -0.25) is 0 Å². The van der Waals surface area contributed by atoms with E-state index in [1.165, 1.54) is 5.56 Å². The first-order valence-corrected chi connectivity index (χ1v) is 4.46. The molecule has 0 spiro atoms. The van der Waals surface area contributed by atoms with Gasteiger partial charge in [-0.1, -0.05) is 30.3 Å². The molecule has 1 heterocycles. The lowest BCUT2D eigenvalue weighted by atomic mass is 10.1. The van der Waals surface area contributed by atoms with E-state index in [0.717, 1.165) is 17.7 Å². The van der Waals surface area contributed by atoms with Crippen LogP contribution in [0.2, 0.25) is 0 Å². The smallest absolute Gasteiger partial charge is 0.112 e. The second-order valence-electron chi connectivity index (χ2n) is 3.04. The number of aromatic amines is 1. The maximum absolute atomic E-state index is 4.01. The summed E-state index contributed by atoms with van der Waals surface area (Å²) < 4.78 is 0. The summed E-state index contributed by atoms with van der Waals surface area (Å²) >= 11 is 0. The summed E-state index contributed by atoms with van der Waals surface area (Å²) in [5, 5.41) is 10.4. The summed E-state index contributed by atoms with van der Waals surface area (Å²) in [6.45, 7) is 3.70. The van der Waals surface area contributed by atoms with E-state index in [1.54, 1.807) is 6.20 Å². The average molecular weight is 185 g/mol. The fourth-order valence-corrected chi connectivity index (χ4v) is 1.32. The van der Waals surface area contributed by atoms with E-state index >= 15 is 0 Å². The van der Waals surface area contributed by atoms with Crippen molar-refractivity contribution >= 4 is 0 Å². The standard InChI is InChI=1S/C11H11N3/c1-2-3-9-4-6-10(7-5-9)11-8-12-14-13-11/h2,4-8H,1,3H2,(H,12,13,14). The molecule has 2 aromatic rings. The summed E-state index contributed by atoms with van der Waals surface area (Å²) in [7, 11) is 0.